The molecule has 0 saturated heterocycles. The van der Waals surface area contributed by atoms with E-state index < -0.39 is 0 Å². The molecule has 104 valence electrons. The SMILES string of the molecule is CC1COc2ccccc2C1NC1CCC(C)(C)C1. The third kappa shape index (κ3) is 2.64. The summed E-state index contributed by atoms with van der Waals surface area (Å²) in [5.41, 5.74) is 1.84. The van der Waals surface area contributed by atoms with Gasteiger partial charge in [-0.25, -0.2) is 0 Å². The highest BCUT2D eigenvalue weighted by Crippen LogP contribution is 2.40. The van der Waals surface area contributed by atoms with Gasteiger partial charge in [0.2, 0.25) is 0 Å². The molecule has 19 heavy (non-hydrogen) atoms. The normalized spacial score (nSPS) is 32.7. The van der Waals surface area contributed by atoms with Gasteiger partial charge in [0.05, 0.1) is 6.61 Å². The van der Waals surface area contributed by atoms with Gasteiger partial charge in [-0.05, 0) is 30.7 Å². The predicted octanol–water partition coefficient (Wildman–Crippen LogP) is 3.92. The molecule has 1 aromatic carbocycles. The lowest BCUT2D eigenvalue weighted by Gasteiger charge is -2.34. The summed E-state index contributed by atoms with van der Waals surface area (Å²) < 4.78 is 5.83. The molecule has 1 aliphatic heterocycles. The topological polar surface area (TPSA) is 21.3 Å². The predicted molar refractivity (Wildman–Crippen MR) is 78.4 cm³/mol. The Morgan fingerprint density at radius 2 is 2.05 bits per heavy atom. The number of hydrogen-bond acceptors (Lipinski definition) is 2. The molecule has 0 bridgehead atoms. The summed E-state index contributed by atoms with van der Waals surface area (Å²) in [7, 11) is 0. The van der Waals surface area contributed by atoms with Crippen molar-refractivity contribution in [1.82, 2.24) is 5.32 Å². The summed E-state index contributed by atoms with van der Waals surface area (Å²) in [6.45, 7) is 7.88. The molecule has 3 rings (SSSR count). The second-order valence-corrected chi connectivity index (χ2v) is 7.07. The van der Waals surface area contributed by atoms with Gasteiger partial charge in [0.1, 0.15) is 5.75 Å². The smallest absolute Gasteiger partial charge is 0.124 e. The molecule has 1 fully saturated rings. The van der Waals surface area contributed by atoms with E-state index in [1.54, 1.807) is 0 Å². The molecule has 1 heterocycles. The number of benzene rings is 1. The van der Waals surface area contributed by atoms with Gasteiger partial charge in [-0.2, -0.15) is 0 Å². The minimum Gasteiger partial charge on any atom is -0.493 e. The van der Waals surface area contributed by atoms with Crippen molar-refractivity contribution in [2.45, 2.75) is 52.1 Å². The third-order valence-corrected chi connectivity index (χ3v) is 4.71. The van der Waals surface area contributed by atoms with Crippen molar-refractivity contribution < 1.29 is 4.74 Å². The van der Waals surface area contributed by atoms with Crippen molar-refractivity contribution in [2.24, 2.45) is 11.3 Å². The number of rotatable bonds is 2. The van der Waals surface area contributed by atoms with Crippen LogP contribution >= 0.6 is 0 Å². The van der Waals surface area contributed by atoms with Crippen molar-refractivity contribution in [2.75, 3.05) is 6.61 Å². The van der Waals surface area contributed by atoms with Crippen LogP contribution in [0, 0.1) is 11.3 Å². The zero-order valence-corrected chi connectivity index (χ0v) is 12.3. The lowest BCUT2D eigenvalue weighted by Crippen LogP contribution is -2.39. The molecule has 1 N–H and O–H groups in total. The van der Waals surface area contributed by atoms with E-state index in [-0.39, 0.29) is 0 Å². The van der Waals surface area contributed by atoms with E-state index in [0.717, 1.165) is 12.4 Å². The minimum absolute atomic E-state index is 0.448. The maximum atomic E-state index is 5.83. The summed E-state index contributed by atoms with van der Waals surface area (Å²) in [4.78, 5) is 0. The molecule has 2 nitrogen and oxygen atoms in total. The zero-order chi connectivity index (χ0) is 13.5. The highest BCUT2D eigenvalue weighted by Gasteiger charge is 2.35. The molecular weight excluding hydrogens is 234 g/mol. The summed E-state index contributed by atoms with van der Waals surface area (Å²) in [6.07, 6.45) is 3.93. The average Bonchev–Trinajstić information content (AvgIpc) is 2.72. The molecule has 3 atom stereocenters. The van der Waals surface area contributed by atoms with Crippen LogP contribution in [0.25, 0.3) is 0 Å². The van der Waals surface area contributed by atoms with E-state index in [4.69, 9.17) is 4.74 Å². The van der Waals surface area contributed by atoms with Gasteiger partial charge in [-0.1, -0.05) is 39.0 Å². The van der Waals surface area contributed by atoms with Crippen LogP contribution in [0.15, 0.2) is 24.3 Å². The van der Waals surface area contributed by atoms with Crippen molar-refractivity contribution in [3.8, 4) is 5.75 Å². The fraction of sp³-hybridized carbons (Fsp3) is 0.647. The molecule has 1 aromatic rings. The molecular formula is C17H25NO. The minimum atomic E-state index is 0.448. The van der Waals surface area contributed by atoms with Crippen LogP contribution in [0.5, 0.6) is 5.75 Å². The van der Waals surface area contributed by atoms with Gasteiger partial charge in [-0.3, -0.25) is 0 Å². The number of fused-ring (bicyclic) bond motifs is 1. The second kappa shape index (κ2) is 4.82. The Morgan fingerprint density at radius 3 is 2.79 bits per heavy atom. The maximum Gasteiger partial charge on any atom is 0.124 e. The van der Waals surface area contributed by atoms with E-state index in [1.165, 1.54) is 24.8 Å². The number of nitrogens with one attached hydrogen (secondary N) is 1. The first-order chi connectivity index (χ1) is 9.05. The Hall–Kier alpha value is -1.02. The fourth-order valence-electron chi connectivity index (χ4n) is 3.58. The Bertz CT molecular complexity index is 454. The van der Waals surface area contributed by atoms with Gasteiger partial charge in [-0.15, -0.1) is 0 Å². The first-order valence-electron chi connectivity index (χ1n) is 7.53. The quantitative estimate of drug-likeness (QED) is 0.869. The van der Waals surface area contributed by atoms with Crippen LogP contribution in [-0.2, 0) is 0 Å². The van der Waals surface area contributed by atoms with E-state index in [1.807, 2.05) is 0 Å². The largest absolute Gasteiger partial charge is 0.493 e. The van der Waals surface area contributed by atoms with Crippen molar-refractivity contribution >= 4 is 0 Å². The maximum absolute atomic E-state index is 5.83. The van der Waals surface area contributed by atoms with Crippen molar-refractivity contribution in [3.63, 3.8) is 0 Å². The summed E-state index contributed by atoms with van der Waals surface area (Å²) in [5.74, 6) is 1.61. The lowest BCUT2D eigenvalue weighted by molar-refractivity contribution is 0.179. The fourth-order valence-corrected chi connectivity index (χ4v) is 3.58. The van der Waals surface area contributed by atoms with E-state index in [0.29, 0.717) is 23.4 Å². The van der Waals surface area contributed by atoms with Gasteiger partial charge >= 0.3 is 0 Å². The molecule has 0 aromatic heterocycles. The lowest BCUT2D eigenvalue weighted by atomic mass is 9.89. The Balaban J connectivity index is 1.77. The van der Waals surface area contributed by atoms with E-state index in [9.17, 15) is 0 Å². The van der Waals surface area contributed by atoms with Crippen molar-refractivity contribution in [3.05, 3.63) is 29.8 Å². The van der Waals surface area contributed by atoms with E-state index >= 15 is 0 Å². The van der Waals surface area contributed by atoms with Crippen molar-refractivity contribution in [1.29, 1.82) is 0 Å². The number of para-hydroxylation sites is 1. The van der Waals surface area contributed by atoms with Gasteiger partial charge in [0.25, 0.3) is 0 Å². The highest BCUT2D eigenvalue weighted by atomic mass is 16.5. The molecule has 2 heteroatoms. The summed E-state index contributed by atoms with van der Waals surface area (Å²) in [5, 5.41) is 3.90. The Morgan fingerprint density at radius 1 is 1.26 bits per heavy atom. The van der Waals surface area contributed by atoms with Gasteiger partial charge in [0, 0.05) is 23.6 Å². The number of hydrogen-bond donors (Lipinski definition) is 1. The highest BCUT2D eigenvalue weighted by molar-refractivity contribution is 5.38. The third-order valence-electron chi connectivity index (χ3n) is 4.71. The van der Waals surface area contributed by atoms with Crippen LogP contribution in [0.3, 0.4) is 0 Å². The zero-order valence-electron chi connectivity index (χ0n) is 12.3. The molecule has 2 aliphatic rings. The average molecular weight is 259 g/mol. The van der Waals surface area contributed by atoms with Crippen LogP contribution in [0.4, 0.5) is 0 Å². The van der Waals surface area contributed by atoms with E-state index in [2.05, 4.69) is 50.4 Å². The molecule has 3 unspecified atom stereocenters. The first kappa shape index (κ1) is 13.0. The number of ether oxygens (including phenoxy) is 1. The first-order valence-corrected chi connectivity index (χ1v) is 7.53. The monoisotopic (exact) mass is 259 g/mol. The van der Waals surface area contributed by atoms with Crippen LogP contribution < -0.4 is 10.1 Å². The van der Waals surface area contributed by atoms with Crippen LogP contribution in [0.1, 0.15) is 51.6 Å². The molecule has 1 saturated carbocycles. The van der Waals surface area contributed by atoms with Crippen LogP contribution in [-0.4, -0.2) is 12.6 Å². The molecule has 0 radical (unpaired) electrons. The summed E-state index contributed by atoms with van der Waals surface area (Å²) in [6, 6.07) is 9.59. The Kier molecular flexibility index (Phi) is 3.30. The Labute approximate surface area is 116 Å². The van der Waals surface area contributed by atoms with Crippen LogP contribution in [0.2, 0.25) is 0 Å². The van der Waals surface area contributed by atoms with Gasteiger partial charge < -0.3 is 10.1 Å². The second-order valence-electron chi connectivity index (χ2n) is 7.07. The van der Waals surface area contributed by atoms with Gasteiger partial charge in [0.15, 0.2) is 0 Å². The molecule has 0 amide bonds. The standard InChI is InChI=1S/C17H25NO/c1-12-11-19-15-7-5-4-6-14(15)16(12)18-13-8-9-17(2,3)10-13/h4-7,12-13,16,18H,8-11H2,1-3H3. The molecule has 0 spiro atoms. The molecule has 1 aliphatic carbocycles. The summed E-state index contributed by atoms with van der Waals surface area (Å²) >= 11 is 0.